The molecule has 0 bridgehead atoms. The van der Waals surface area contributed by atoms with Crippen molar-refractivity contribution < 1.29 is 9.59 Å². The summed E-state index contributed by atoms with van der Waals surface area (Å²) in [4.78, 5) is 22.4. The normalized spacial score (nSPS) is 29.0. The van der Waals surface area contributed by atoms with Crippen molar-refractivity contribution in [1.29, 1.82) is 0 Å². The van der Waals surface area contributed by atoms with E-state index in [0.29, 0.717) is 11.6 Å². The highest BCUT2D eigenvalue weighted by atomic mass is 16.1. The Labute approximate surface area is 86.1 Å². The van der Waals surface area contributed by atoms with Gasteiger partial charge in [0.2, 0.25) is 0 Å². The van der Waals surface area contributed by atoms with Gasteiger partial charge in [-0.05, 0) is 39.5 Å². The molecule has 0 spiro atoms. The molecule has 0 unspecified atom stereocenters. The molecule has 80 valence electrons. The second-order valence-corrected chi connectivity index (χ2v) is 4.48. The highest BCUT2D eigenvalue weighted by Gasteiger charge is 2.21. The minimum atomic E-state index is 0.267. The number of carbonyl (C=O) groups is 2. The molecule has 0 heterocycles. The van der Waals surface area contributed by atoms with Gasteiger partial charge in [0.25, 0.3) is 0 Å². The first kappa shape index (κ1) is 11.4. The molecule has 0 saturated heterocycles. The predicted molar refractivity (Wildman–Crippen MR) is 56.0 cm³/mol. The molecule has 0 amide bonds. The lowest BCUT2D eigenvalue weighted by Gasteiger charge is -2.21. The SMILES string of the molecule is CC(=O)C1CCCC(C(C)=O)CCC1. The number of rotatable bonds is 2. The van der Waals surface area contributed by atoms with E-state index < -0.39 is 0 Å². The van der Waals surface area contributed by atoms with Crippen LogP contribution >= 0.6 is 0 Å². The van der Waals surface area contributed by atoms with Crippen molar-refractivity contribution in [2.45, 2.75) is 52.4 Å². The first-order valence-corrected chi connectivity index (χ1v) is 5.62. The van der Waals surface area contributed by atoms with E-state index in [4.69, 9.17) is 0 Å². The van der Waals surface area contributed by atoms with Crippen molar-refractivity contribution in [3.8, 4) is 0 Å². The summed E-state index contributed by atoms with van der Waals surface area (Å²) in [5, 5.41) is 0. The molecule has 0 atom stereocenters. The Kier molecular flexibility index (Phi) is 4.30. The summed E-state index contributed by atoms with van der Waals surface area (Å²) in [5.74, 6) is 1.18. The van der Waals surface area contributed by atoms with Crippen LogP contribution in [-0.4, -0.2) is 11.6 Å². The first-order chi connectivity index (χ1) is 6.61. The zero-order chi connectivity index (χ0) is 10.6. The molecule has 0 N–H and O–H groups in total. The number of hydrogen-bond donors (Lipinski definition) is 0. The monoisotopic (exact) mass is 196 g/mol. The third kappa shape index (κ3) is 3.24. The summed E-state index contributed by atoms with van der Waals surface area (Å²) >= 11 is 0. The molecule has 2 heteroatoms. The zero-order valence-electron chi connectivity index (χ0n) is 9.21. The molecule has 0 aromatic rings. The van der Waals surface area contributed by atoms with Crippen LogP contribution in [0.25, 0.3) is 0 Å². The number of carbonyl (C=O) groups excluding carboxylic acids is 2. The van der Waals surface area contributed by atoms with Crippen LogP contribution in [0.4, 0.5) is 0 Å². The Bertz CT molecular complexity index is 188. The van der Waals surface area contributed by atoms with Gasteiger partial charge in [0, 0.05) is 11.8 Å². The fraction of sp³-hybridized carbons (Fsp3) is 0.833. The van der Waals surface area contributed by atoms with Gasteiger partial charge >= 0.3 is 0 Å². The standard InChI is InChI=1S/C12H20O2/c1-9(13)11-5-3-7-12(10(2)14)8-4-6-11/h11-12H,3-8H2,1-2H3. The van der Waals surface area contributed by atoms with Crippen LogP contribution < -0.4 is 0 Å². The number of ketones is 2. The lowest BCUT2D eigenvalue weighted by atomic mass is 9.83. The van der Waals surface area contributed by atoms with Gasteiger partial charge in [0.1, 0.15) is 11.6 Å². The third-order valence-corrected chi connectivity index (χ3v) is 3.36. The van der Waals surface area contributed by atoms with Crippen molar-refractivity contribution in [3.05, 3.63) is 0 Å². The molecule has 1 saturated carbocycles. The van der Waals surface area contributed by atoms with E-state index in [9.17, 15) is 9.59 Å². The van der Waals surface area contributed by atoms with Gasteiger partial charge < -0.3 is 0 Å². The van der Waals surface area contributed by atoms with E-state index in [1.54, 1.807) is 13.8 Å². The van der Waals surface area contributed by atoms with Crippen LogP contribution in [0, 0.1) is 11.8 Å². The van der Waals surface area contributed by atoms with Crippen molar-refractivity contribution in [1.82, 2.24) is 0 Å². The summed E-state index contributed by atoms with van der Waals surface area (Å²) in [6.07, 6.45) is 6.01. The van der Waals surface area contributed by atoms with Crippen molar-refractivity contribution in [3.63, 3.8) is 0 Å². The predicted octanol–water partition coefficient (Wildman–Crippen LogP) is 2.75. The van der Waals surface area contributed by atoms with E-state index in [-0.39, 0.29) is 11.8 Å². The Balaban J connectivity index is 2.43. The summed E-state index contributed by atoms with van der Waals surface area (Å²) in [5.41, 5.74) is 0. The summed E-state index contributed by atoms with van der Waals surface area (Å²) in [7, 11) is 0. The van der Waals surface area contributed by atoms with Crippen molar-refractivity contribution in [2.75, 3.05) is 0 Å². The van der Waals surface area contributed by atoms with Crippen LogP contribution in [0.15, 0.2) is 0 Å². The first-order valence-electron chi connectivity index (χ1n) is 5.62. The number of Topliss-reactive ketones (excluding diaryl/α,β-unsaturated/α-hetero) is 2. The maximum atomic E-state index is 11.2. The molecule has 0 radical (unpaired) electrons. The molecule has 0 aromatic heterocycles. The number of hydrogen-bond acceptors (Lipinski definition) is 2. The van der Waals surface area contributed by atoms with E-state index >= 15 is 0 Å². The highest BCUT2D eigenvalue weighted by molar-refractivity contribution is 5.79. The molecule has 14 heavy (non-hydrogen) atoms. The average Bonchev–Trinajstić information content (AvgIpc) is 2.01. The molecule has 0 aromatic carbocycles. The zero-order valence-corrected chi connectivity index (χ0v) is 9.21. The van der Waals surface area contributed by atoms with Gasteiger partial charge in [-0.1, -0.05) is 12.8 Å². The maximum Gasteiger partial charge on any atom is 0.132 e. The second-order valence-electron chi connectivity index (χ2n) is 4.48. The van der Waals surface area contributed by atoms with Crippen molar-refractivity contribution in [2.24, 2.45) is 11.8 Å². The molecular weight excluding hydrogens is 176 g/mol. The van der Waals surface area contributed by atoms with E-state index in [1.165, 1.54) is 0 Å². The third-order valence-electron chi connectivity index (χ3n) is 3.36. The topological polar surface area (TPSA) is 34.1 Å². The molecule has 2 nitrogen and oxygen atoms in total. The van der Waals surface area contributed by atoms with Gasteiger partial charge in [-0.2, -0.15) is 0 Å². The molecule has 1 aliphatic rings. The Hall–Kier alpha value is -0.660. The van der Waals surface area contributed by atoms with Crippen LogP contribution in [-0.2, 0) is 9.59 Å². The molecule has 1 fully saturated rings. The maximum absolute atomic E-state index is 11.2. The quantitative estimate of drug-likeness (QED) is 0.680. The summed E-state index contributed by atoms with van der Waals surface area (Å²) < 4.78 is 0. The van der Waals surface area contributed by atoms with Gasteiger partial charge in [-0.15, -0.1) is 0 Å². The smallest absolute Gasteiger partial charge is 0.132 e. The lowest BCUT2D eigenvalue weighted by Crippen LogP contribution is -2.18. The van der Waals surface area contributed by atoms with Gasteiger partial charge in [-0.25, -0.2) is 0 Å². The molecule has 1 rings (SSSR count). The van der Waals surface area contributed by atoms with Gasteiger partial charge in [0.15, 0.2) is 0 Å². The van der Waals surface area contributed by atoms with E-state index in [1.807, 2.05) is 0 Å². The van der Waals surface area contributed by atoms with Crippen LogP contribution in [0.2, 0.25) is 0 Å². The molecular formula is C12H20O2. The van der Waals surface area contributed by atoms with E-state index in [0.717, 1.165) is 38.5 Å². The average molecular weight is 196 g/mol. The summed E-state index contributed by atoms with van der Waals surface area (Å²) in [6, 6.07) is 0. The lowest BCUT2D eigenvalue weighted by molar-refractivity contribution is -0.122. The van der Waals surface area contributed by atoms with E-state index in [2.05, 4.69) is 0 Å². The fourth-order valence-electron chi connectivity index (χ4n) is 2.32. The summed E-state index contributed by atoms with van der Waals surface area (Å²) in [6.45, 7) is 3.38. The van der Waals surface area contributed by atoms with Crippen LogP contribution in [0.1, 0.15) is 52.4 Å². The van der Waals surface area contributed by atoms with Gasteiger partial charge in [-0.3, -0.25) is 9.59 Å². The Morgan fingerprint density at radius 2 is 1.07 bits per heavy atom. The molecule has 0 aliphatic heterocycles. The highest BCUT2D eigenvalue weighted by Crippen LogP contribution is 2.26. The van der Waals surface area contributed by atoms with Crippen LogP contribution in [0.3, 0.4) is 0 Å². The van der Waals surface area contributed by atoms with Crippen LogP contribution in [0.5, 0.6) is 0 Å². The molecule has 1 aliphatic carbocycles. The Morgan fingerprint density at radius 3 is 1.29 bits per heavy atom. The largest absolute Gasteiger partial charge is 0.300 e. The second kappa shape index (κ2) is 5.28. The van der Waals surface area contributed by atoms with Gasteiger partial charge in [0.05, 0.1) is 0 Å². The minimum absolute atomic E-state index is 0.267. The Morgan fingerprint density at radius 1 is 0.786 bits per heavy atom. The minimum Gasteiger partial charge on any atom is -0.300 e. The fourth-order valence-corrected chi connectivity index (χ4v) is 2.32. The van der Waals surface area contributed by atoms with Crippen molar-refractivity contribution >= 4 is 11.6 Å².